The summed E-state index contributed by atoms with van der Waals surface area (Å²) < 4.78 is 52.1. The Labute approximate surface area is 267 Å². The zero-order valence-corrected chi connectivity index (χ0v) is 27.7. The smallest absolute Gasteiger partial charge is 0.412 e. The second-order valence-corrected chi connectivity index (χ2v) is 10.5. The summed E-state index contributed by atoms with van der Waals surface area (Å²) in [6.45, 7) is -0.843. The van der Waals surface area contributed by atoms with Gasteiger partial charge in [-0.2, -0.15) is 13.6 Å². The van der Waals surface area contributed by atoms with Crippen molar-refractivity contribution in [1.82, 2.24) is 19.5 Å². The molecule has 20 nitrogen and oxygen atoms in total. The number of hydrogen-bond acceptors (Lipinski definition) is 12. The number of nitrogens with zero attached hydrogens (tertiary/aromatic N) is 3. The van der Waals surface area contributed by atoms with Gasteiger partial charge in [-0.05, 0) is 0 Å². The van der Waals surface area contributed by atoms with E-state index >= 15 is 0 Å². The van der Waals surface area contributed by atoms with E-state index in [9.17, 15) is 28.5 Å². The molecule has 1 fully saturated rings. The number of anilines is 1. The quantitative estimate of drug-likeness (QED) is 0.110. The fraction of sp³-hybridized carbons (Fsp3) is 0.500. The van der Waals surface area contributed by atoms with Crippen molar-refractivity contribution >= 4 is 129 Å². The van der Waals surface area contributed by atoms with Gasteiger partial charge in [0, 0.05) is 95.1 Å². The molecule has 0 aromatic carbocycles. The average Bonchev–Trinajstić information content (AvgIpc) is 3.13. The molecule has 0 spiro atoms. The molecule has 3 rings (SSSR count). The number of H-pyrrole nitrogens is 1. The number of aromatic nitrogens is 4. The monoisotopic (exact) mass is 612 g/mol. The Balaban J connectivity index is -0.00000218. The van der Waals surface area contributed by atoms with Gasteiger partial charge in [-0.3, -0.25) is 18.9 Å². The minimum absolute atomic E-state index is 0. The van der Waals surface area contributed by atoms with E-state index in [0.717, 1.165) is 0 Å². The van der Waals surface area contributed by atoms with Crippen LogP contribution >= 0.6 is 23.5 Å². The van der Waals surface area contributed by atoms with Gasteiger partial charge in [0.15, 0.2) is 11.2 Å². The van der Waals surface area contributed by atoms with Crippen molar-refractivity contribution in [2.24, 2.45) is 0 Å². The maximum Gasteiger partial charge on any atom is 0.490 e. The van der Waals surface area contributed by atoms with E-state index in [0.29, 0.717) is 0 Å². The summed E-state index contributed by atoms with van der Waals surface area (Å²) in [6, 6.07) is 0. The molecule has 0 aliphatic carbocycles. The molecule has 193 valence electrons. The van der Waals surface area contributed by atoms with Gasteiger partial charge in [0.1, 0.15) is 12.3 Å². The molecular formula is C10H20N5Na3O15P3. The minimum atomic E-state index is -5.67. The van der Waals surface area contributed by atoms with Crippen LogP contribution < -0.4 is 11.3 Å². The standard InChI is InChI=1S/C10H16N5O13P3.3Na.2H2O/c11-10-13-8-7(9(17)14-10)12-3-15(8)6-1-4(16)5(26-6)2-25-30(21,22)28-31(23,24)27-29(18,19)20;;;;;/h3-6,16H,1-2H2,(H,21,22)(H,23,24)(H2,18,19,20)(H3,11,13,14,17);;;;2*1H2/t4-,5+,6+;;;;;/m0...../s1. The van der Waals surface area contributed by atoms with E-state index in [1.54, 1.807) is 0 Å². The number of nitrogen functional groups attached to an aromatic ring is 1. The second kappa shape index (κ2) is 16.0. The van der Waals surface area contributed by atoms with Crippen molar-refractivity contribution in [3.05, 3.63) is 16.7 Å². The van der Waals surface area contributed by atoms with E-state index in [4.69, 9.17) is 25.2 Å². The van der Waals surface area contributed by atoms with Gasteiger partial charge in [0.05, 0.1) is 19.0 Å². The first-order chi connectivity index (χ1) is 14.2. The summed E-state index contributed by atoms with van der Waals surface area (Å²) in [5.41, 5.74) is 4.89. The maximum absolute atomic E-state index is 11.8. The van der Waals surface area contributed by atoms with Crippen molar-refractivity contribution in [3.63, 3.8) is 0 Å². The fourth-order valence-electron chi connectivity index (χ4n) is 2.66. The second-order valence-electron chi connectivity index (χ2n) is 6.09. The number of ether oxygens (including phenoxy) is 1. The van der Waals surface area contributed by atoms with Gasteiger partial charge < -0.3 is 46.1 Å². The van der Waals surface area contributed by atoms with Crippen molar-refractivity contribution in [3.8, 4) is 0 Å². The Kier molecular flexibility index (Phi) is 18.6. The Hall–Kier alpha value is 1.40. The molecule has 12 N–H and O–H groups in total. The van der Waals surface area contributed by atoms with Crippen LogP contribution in [0.25, 0.3) is 11.2 Å². The predicted octanol–water partition coefficient (Wildman–Crippen LogP) is -4.10. The number of hydrogen-bond donors (Lipinski definition) is 7. The molecule has 1 aliphatic heterocycles. The molecule has 36 heavy (non-hydrogen) atoms. The third kappa shape index (κ3) is 11.5. The van der Waals surface area contributed by atoms with Crippen LogP contribution in [0, 0.1) is 0 Å². The molecule has 5 atom stereocenters. The van der Waals surface area contributed by atoms with Gasteiger partial charge in [-0.25, -0.2) is 18.7 Å². The molecule has 2 aromatic heterocycles. The number of nitrogens with two attached hydrogens (primary N) is 1. The molecule has 2 aromatic rings. The Bertz CT molecular complexity index is 1190. The van der Waals surface area contributed by atoms with Crippen molar-refractivity contribution in [1.29, 1.82) is 0 Å². The van der Waals surface area contributed by atoms with Crippen molar-refractivity contribution in [2.75, 3.05) is 12.3 Å². The van der Waals surface area contributed by atoms with Crippen molar-refractivity contribution in [2.45, 2.75) is 24.9 Å². The van der Waals surface area contributed by atoms with Crippen LogP contribution in [0.15, 0.2) is 11.1 Å². The van der Waals surface area contributed by atoms with Gasteiger partial charge in [0.25, 0.3) is 5.56 Å². The average molecular weight is 612 g/mol. The van der Waals surface area contributed by atoms with Crippen LogP contribution in [0.2, 0.25) is 0 Å². The number of aliphatic hydroxyl groups excluding tert-OH is 1. The molecule has 3 radical (unpaired) electrons. The topological polar surface area (TPSA) is 342 Å². The van der Waals surface area contributed by atoms with E-state index < -0.39 is 54.1 Å². The molecule has 0 amide bonds. The maximum atomic E-state index is 11.8. The van der Waals surface area contributed by atoms with Crippen LogP contribution in [0.1, 0.15) is 12.6 Å². The summed E-state index contributed by atoms with van der Waals surface area (Å²) in [5.74, 6) is -0.193. The number of nitrogens with one attached hydrogen (secondary N) is 1. The summed E-state index contributed by atoms with van der Waals surface area (Å²) in [7, 11) is -16.6. The number of imidazole rings is 1. The number of aliphatic hydroxyl groups is 1. The number of rotatable bonds is 8. The van der Waals surface area contributed by atoms with Gasteiger partial charge >= 0.3 is 23.5 Å². The van der Waals surface area contributed by atoms with Gasteiger partial charge in [-0.15, -0.1) is 0 Å². The van der Waals surface area contributed by atoms with Gasteiger partial charge in [0.2, 0.25) is 5.95 Å². The predicted molar refractivity (Wildman–Crippen MR) is 121 cm³/mol. The van der Waals surface area contributed by atoms with Crippen LogP contribution in [-0.4, -0.2) is 163 Å². The number of aromatic amines is 1. The summed E-state index contributed by atoms with van der Waals surface area (Å²) in [4.78, 5) is 57.5. The van der Waals surface area contributed by atoms with Crippen LogP contribution in [-0.2, 0) is 31.6 Å². The molecular weight excluding hydrogens is 592 g/mol. The largest absolute Gasteiger partial charge is 0.490 e. The number of phosphoric acid groups is 3. The SMILES string of the molecule is Nc1nc2c(ncn2[C@H]2C[C@H](O)[C@@H](COP(=O)(O)OP(=O)(O)OP(=O)(O)O)O2)c(=O)[nH]1.O.O.[Na].[Na].[Na]. The number of phosphoric ester groups is 1. The van der Waals surface area contributed by atoms with Crippen LogP contribution in [0.5, 0.6) is 0 Å². The molecule has 0 saturated carbocycles. The van der Waals surface area contributed by atoms with E-state index in [1.165, 1.54) is 10.9 Å². The molecule has 1 saturated heterocycles. The number of fused-ring (bicyclic) bond motifs is 1. The minimum Gasteiger partial charge on any atom is -0.412 e. The summed E-state index contributed by atoms with van der Waals surface area (Å²) in [5, 5.41) is 10.1. The fourth-order valence-corrected chi connectivity index (χ4v) is 5.69. The van der Waals surface area contributed by atoms with E-state index in [-0.39, 0.29) is 123 Å². The van der Waals surface area contributed by atoms with Crippen molar-refractivity contribution < 1.29 is 67.2 Å². The van der Waals surface area contributed by atoms with Crippen LogP contribution in [0.4, 0.5) is 5.95 Å². The summed E-state index contributed by atoms with van der Waals surface area (Å²) in [6.07, 6.45) is -2.36. The molecule has 26 heteroatoms. The normalized spacial score (nSPS) is 22.4. The third-order valence-electron chi connectivity index (χ3n) is 3.78. The molecule has 2 unspecified atom stereocenters. The first-order valence-electron chi connectivity index (χ1n) is 8.00. The molecule has 0 bridgehead atoms. The van der Waals surface area contributed by atoms with Gasteiger partial charge in [-0.1, -0.05) is 0 Å². The first kappa shape index (κ1) is 41.9. The Morgan fingerprint density at radius 2 is 1.69 bits per heavy atom. The third-order valence-corrected chi connectivity index (χ3v) is 7.59. The van der Waals surface area contributed by atoms with Crippen LogP contribution in [0.3, 0.4) is 0 Å². The summed E-state index contributed by atoms with van der Waals surface area (Å²) >= 11 is 0. The van der Waals surface area contributed by atoms with E-state index in [1.807, 2.05) is 0 Å². The zero-order chi connectivity index (χ0) is 23.2. The van der Waals surface area contributed by atoms with E-state index in [2.05, 4.69) is 28.1 Å². The zero-order valence-electron chi connectivity index (χ0n) is 19.0. The Morgan fingerprint density at radius 1 is 1.11 bits per heavy atom. The molecule has 1 aliphatic rings. The first-order valence-corrected chi connectivity index (χ1v) is 12.5. The Morgan fingerprint density at radius 3 is 2.25 bits per heavy atom. The molecule has 3 heterocycles.